The van der Waals surface area contributed by atoms with Gasteiger partial charge in [-0.3, -0.25) is 9.59 Å². The monoisotopic (exact) mass is 380 g/mol. The lowest BCUT2D eigenvalue weighted by Crippen LogP contribution is -2.29. The summed E-state index contributed by atoms with van der Waals surface area (Å²) in [6.45, 7) is 5.79. The van der Waals surface area contributed by atoms with Crippen molar-refractivity contribution >= 4 is 17.5 Å². The Bertz CT molecular complexity index is 811. The van der Waals surface area contributed by atoms with Crippen molar-refractivity contribution in [2.75, 3.05) is 25.0 Å². The van der Waals surface area contributed by atoms with Gasteiger partial charge in [0.25, 0.3) is 11.8 Å². The van der Waals surface area contributed by atoms with Crippen molar-refractivity contribution in [2.24, 2.45) is 0 Å². The molecule has 3 rings (SSSR count). The Balaban J connectivity index is 1.58. The highest BCUT2D eigenvalue weighted by Crippen LogP contribution is 2.22. The minimum Gasteiger partial charge on any atom is -0.484 e. The number of hydrogen-bond donors (Lipinski definition) is 1. The molecule has 5 heteroatoms. The number of ether oxygens (including phenoxy) is 1. The smallest absolute Gasteiger partial charge is 0.262 e. The Morgan fingerprint density at radius 1 is 1.07 bits per heavy atom. The van der Waals surface area contributed by atoms with Gasteiger partial charge in [0.1, 0.15) is 5.75 Å². The molecule has 0 saturated carbocycles. The van der Waals surface area contributed by atoms with Crippen molar-refractivity contribution in [1.29, 1.82) is 0 Å². The van der Waals surface area contributed by atoms with Gasteiger partial charge in [0, 0.05) is 13.1 Å². The summed E-state index contributed by atoms with van der Waals surface area (Å²) in [6, 6.07) is 15.0. The summed E-state index contributed by atoms with van der Waals surface area (Å²) in [7, 11) is 0. The zero-order chi connectivity index (χ0) is 19.9. The van der Waals surface area contributed by atoms with Crippen LogP contribution in [0.4, 0.5) is 5.69 Å². The van der Waals surface area contributed by atoms with E-state index in [9.17, 15) is 9.59 Å². The van der Waals surface area contributed by atoms with Gasteiger partial charge in [0.2, 0.25) is 0 Å². The zero-order valence-electron chi connectivity index (χ0n) is 16.6. The predicted molar refractivity (Wildman–Crippen MR) is 111 cm³/mol. The molecular formula is C23H28N2O3. The summed E-state index contributed by atoms with van der Waals surface area (Å²) in [6.07, 6.45) is 3.14. The summed E-state index contributed by atoms with van der Waals surface area (Å²) in [5.41, 5.74) is 2.31. The van der Waals surface area contributed by atoms with Crippen molar-refractivity contribution in [2.45, 2.75) is 39.0 Å². The Morgan fingerprint density at radius 2 is 1.75 bits per heavy atom. The fourth-order valence-corrected chi connectivity index (χ4v) is 3.33. The number of carbonyl (C=O) groups is 2. The molecule has 148 valence electrons. The van der Waals surface area contributed by atoms with Crippen LogP contribution in [0.2, 0.25) is 0 Å². The van der Waals surface area contributed by atoms with Crippen molar-refractivity contribution in [1.82, 2.24) is 4.90 Å². The van der Waals surface area contributed by atoms with Crippen LogP contribution in [0, 0.1) is 0 Å². The minimum atomic E-state index is -0.285. The molecule has 1 saturated heterocycles. The number of hydrogen-bond acceptors (Lipinski definition) is 3. The van der Waals surface area contributed by atoms with E-state index >= 15 is 0 Å². The van der Waals surface area contributed by atoms with E-state index in [1.807, 2.05) is 41.3 Å². The molecule has 5 nitrogen and oxygen atoms in total. The van der Waals surface area contributed by atoms with E-state index in [4.69, 9.17) is 4.74 Å². The van der Waals surface area contributed by atoms with Crippen LogP contribution >= 0.6 is 0 Å². The van der Waals surface area contributed by atoms with E-state index in [0.29, 0.717) is 22.9 Å². The molecule has 28 heavy (non-hydrogen) atoms. The number of likely N-dealkylation sites (tertiary alicyclic amines) is 1. The van der Waals surface area contributed by atoms with Gasteiger partial charge >= 0.3 is 0 Å². The Hall–Kier alpha value is -2.82. The quantitative estimate of drug-likeness (QED) is 0.772. The maximum Gasteiger partial charge on any atom is 0.262 e. The van der Waals surface area contributed by atoms with Crippen molar-refractivity contribution in [3.63, 3.8) is 0 Å². The lowest BCUT2D eigenvalue weighted by atomic mass is 9.99. The van der Waals surface area contributed by atoms with E-state index in [0.717, 1.165) is 32.4 Å². The first-order valence-corrected chi connectivity index (χ1v) is 9.99. The molecule has 1 unspecified atom stereocenters. The normalized spacial score (nSPS) is 14.6. The van der Waals surface area contributed by atoms with E-state index in [-0.39, 0.29) is 18.4 Å². The van der Waals surface area contributed by atoms with Crippen LogP contribution in [0.1, 0.15) is 54.9 Å². The highest BCUT2D eigenvalue weighted by atomic mass is 16.5. The molecule has 0 aliphatic carbocycles. The van der Waals surface area contributed by atoms with Crippen molar-refractivity contribution in [3.8, 4) is 5.75 Å². The number of carbonyl (C=O) groups excluding carboxylic acids is 2. The molecule has 0 radical (unpaired) electrons. The molecule has 2 amide bonds. The zero-order valence-corrected chi connectivity index (χ0v) is 16.6. The minimum absolute atomic E-state index is 0.0325. The first-order valence-electron chi connectivity index (χ1n) is 9.99. The van der Waals surface area contributed by atoms with Crippen LogP contribution in [-0.4, -0.2) is 36.4 Å². The number of amides is 2. The van der Waals surface area contributed by atoms with Gasteiger partial charge in [-0.25, -0.2) is 0 Å². The van der Waals surface area contributed by atoms with E-state index in [2.05, 4.69) is 19.2 Å². The van der Waals surface area contributed by atoms with Crippen molar-refractivity contribution < 1.29 is 14.3 Å². The molecule has 2 aromatic carbocycles. The lowest BCUT2D eigenvalue weighted by Gasteiger charge is -2.18. The molecule has 0 bridgehead atoms. The number of nitrogens with one attached hydrogen (secondary N) is 1. The molecular weight excluding hydrogens is 352 g/mol. The van der Waals surface area contributed by atoms with Crippen molar-refractivity contribution in [3.05, 3.63) is 59.7 Å². The fourth-order valence-electron chi connectivity index (χ4n) is 3.33. The molecule has 0 spiro atoms. The maximum atomic E-state index is 12.7. The molecule has 0 aromatic heterocycles. The third kappa shape index (κ3) is 4.91. The van der Waals surface area contributed by atoms with Gasteiger partial charge in [-0.15, -0.1) is 0 Å². The Morgan fingerprint density at radius 3 is 2.43 bits per heavy atom. The van der Waals surface area contributed by atoms with Crippen LogP contribution in [-0.2, 0) is 4.79 Å². The van der Waals surface area contributed by atoms with Crippen LogP contribution in [0.15, 0.2) is 48.5 Å². The van der Waals surface area contributed by atoms with Gasteiger partial charge < -0.3 is 15.0 Å². The van der Waals surface area contributed by atoms with E-state index < -0.39 is 0 Å². The number of nitrogens with zero attached hydrogens (tertiary/aromatic N) is 1. The second-order valence-electron chi connectivity index (χ2n) is 7.26. The summed E-state index contributed by atoms with van der Waals surface area (Å²) in [5, 5.41) is 2.81. The summed E-state index contributed by atoms with van der Waals surface area (Å²) < 4.78 is 5.60. The van der Waals surface area contributed by atoms with Gasteiger partial charge in [-0.2, -0.15) is 0 Å². The van der Waals surface area contributed by atoms with Gasteiger partial charge in [0.05, 0.1) is 11.3 Å². The average Bonchev–Trinajstić information content (AvgIpc) is 3.27. The fraction of sp³-hybridized carbons (Fsp3) is 0.391. The third-order valence-electron chi connectivity index (χ3n) is 5.26. The highest BCUT2D eigenvalue weighted by Gasteiger charge is 2.22. The van der Waals surface area contributed by atoms with Crippen LogP contribution < -0.4 is 10.1 Å². The largest absolute Gasteiger partial charge is 0.484 e. The average molecular weight is 380 g/mol. The lowest BCUT2D eigenvalue weighted by molar-refractivity contribution is -0.118. The molecule has 1 aliphatic heterocycles. The molecule has 1 heterocycles. The topological polar surface area (TPSA) is 58.6 Å². The summed E-state index contributed by atoms with van der Waals surface area (Å²) in [4.78, 5) is 26.9. The standard InChI is InChI=1S/C23H28N2O3/c1-3-17(2)18-10-12-19(13-11-18)28-16-22(26)24-21-9-5-4-8-20(21)23(27)25-14-6-7-15-25/h4-5,8-13,17H,3,6-7,14-16H2,1-2H3,(H,24,26). The van der Waals surface area contributed by atoms with Crippen LogP contribution in [0.5, 0.6) is 5.75 Å². The molecule has 2 aromatic rings. The van der Waals surface area contributed by atoms with Gasteiger partial charge in [-0.05, 0) is 55.0 Å². The van der Waals surface area contributed by atoms with E-state index in [1.54, 1.807) is 12.1 Å². The first kappa shape index (κ1) is 19.9. The van der Waals surface area contributed by atoms with Gasteiger partial charge in [0.15, 0.2) is 6.61 Å². The molecule has 1 N–H and O–H groups in total. The van der Waals surface area contributed by atoms with E-state index in [1.165, 1.54) is 5.56 Å². The van der Waals surface area contributed by atoms with Crippen LogP contribution in [0.3, 0.4) is 0 Å². The Labute approximate surface area is 166 Å². The predicted octanol–water partition coefficient (Wildman–Crippen LogP) is 4.45. The molecule has 1 atom stereocenters. The SMILES string of the molecule is CCC(C)c1ccc(OCC(=O)Nc2ccccc2C(=O)N2CCCC2)cc1. The number of anilines is 1. The van der Waals surface area contributed by atoms with Crippen LogP contribution in [0.25, 0.3) is 0 Å². The molecule has 1 fully saturated rings. The third-order valence-corrected chi connectivity index (χ3v) is 5.26. The Kier molecular flexibility index (Phi) is 6.69. The maximum absolute atomic E-state index is 12.7. The number of para-hydroxylation sites is 1. The highest BCUT2D eigenvalue weighted by molar-refractivity contribution is 6.04. The number of benzene rings is 2. The summed E-state index contributed by atoms with van der Waals surface area (Å²) >= 11 is 0. The second kappa shape index (κ2) is 9.40. The molecule has 1 aliphatic rings. The number of rotatable bonds is 7. The first-order chi connectivity index (χ1) is 13.6. The summed E-state index contributed by atoms with van der Waals surface area (Å²) in [5.74, 6) is 0.841. The second-order valence-corrected chi connectivity index (χ2v) is 7.26. The van der Waals surface area contributed by atoms with Gasteiger partial charge in [-0.1, -0.05) is 38.1 Å².